The Labute approximate surface area is 162 Å². The fraction of sp³-hybridized carbons (Fsp3) is 0.273. The van der Waals surface area contributed by atoms with Crippen LogP contribution >= 0.6 is 81.8 Å². The molecule has 3 N–H and O–H groups in total. The van der Waals surface area contributed by atoms with Gasteiger partial charge in [-0.25, -0.2) is 0 Å². The maximum absolute atomic E-state index is 11.3. The predicted molar refractivity (Wildman–Crippen MR) is 98.8 cm³/mol. The van der Waals surface area contributed by atoms with E-state index in [1.54, 1.807) is 18.2 Å². The van der Waals surface area contributed by atoms with E-state index >= 15 is 0 Å². The molecule has 1 aromatic rings. The van der Waals surface area contributed by atoms with Crippen molar-refractivity contribution in [3.63, 3.8) is 0 Å². The van der Waals surface area contributed by atoms with Crippen molar-refractivity contribution in [3.8, 4) is 0 Å². The summed E-state index contributed by atoms with van der Waals surface area (Å²) in [5, 5.41) is 8.73. The summed E-state index contributed by atoms with van der Waals surface area (Å²) >= 11 is 39.5. The second-order valence-corrected chi connectivity index (χ2v) is 7.76. The molecule has 1 aromatic carbocycles. The zero-order valence-electron chi connectivity index (χ0n) is 10.6. The SMILES string of the molecule is O=C(CCl)N[C@H](NC(=S)Nc1ccc(Cl)c(Cl)c1)C(Cl)(Cl)Cl. The lowest BCUT2D eigenvalue weighted by Gasteiger charge is -2.27. The van der Waals surface area contributed by atoms with Gasteiger partial charge >= 0.3 is 0 Å². The highest BCUT2D eigenvalue weighted by Gasteiger charge is 2.34. The molecule has 1 amide bonds. The number of alkyl halides is 4. The van der Waals surface area contributed by atoms with E-state index in [0.29, 0.717) is 15.7 Å². The lowest BCUT2D eigenvalue weighted by molar-refractivity contribution is -0.119. The summed E-state index contributed by atoms with van der Waals surface area (Å²) in [7, 11) is 0. The van der Waals surface area contributed by atoms with Crippen LogP contribution in [0.2, 0.25) is 10.0 Å². The molecule has 0 radical (unpaired) electrons. The summed E-state index contributed by atoms with van der Waals surface area (Å²) < 4.78 is -1.84. The van der Waals surface area contributed by atoms with Crippen LogP contribution in [0.5, 0.6) is 0 Å². The van der Waals surface area contributed by atoms with Crippen LogP contribution in [-0.2, 0) is 4.79 Å². The molecule has 122 valence electrons. The topological polar surface area (TPSA) is 53.2 Å². The van der Waals surface area contributed by atoms with Gasteiger partial charge in [-0.15, -0.1) is 11.6 Å². The molecule has 0 aliphatic heterocycles. The molecule has 1 atom stereocenters. The Bertz CT molecular complexity index is 565. The molecule has 22 heavy (non-hydrogen) atoms. The van der Waals surface area contributed by atoms with Gasteiger partial charge in [0.2, 0.25) is 9.70 Å². The average Bonchev–Trinajstić information content (AvgIpc) is 2.41. The summed E-state index contributed by atoms with van der Waals surface area (Å²) in [6.45, 7) is 0. The first-order chi connectivity index (χ1) is 10.1. The normalized spacial score (nSPS) is 12.5. The first kappa shape index (κ1) is 20.2. The molecule has 0 unspecified atom stereocenters. The Morgan fingerprint density at radius 2 is 1.82 bits per heavy atom. The highest BCUT2D eigenvalue weighted by Crippen LogP contribution is 2.29. The molecule has 1 rings (SSSR count). The van der Waals surface area contributed by atoms with Gasteiger partial charge in [0.15, 0.2) is 5.11 Å². The Hall–Kier alpha value is 0.120. The van der Waals surface area contributed by atoms with Gasteiger partial charge in [0.25, 0.3) is 0 Å². The maximum atomic E-state index is 11.3. The monoisotopic (exact) mass is 441 g/mol. The third kappa shape index (κ3) is 6.71. The number of hydrogen-bond donors (Lipinski definition) is 3. The summed E-state index contributed by atoms with van der Waals surface area (Å²) in [5.41, 5.74) is 0.568. The van der Waals surface area contributed by atoms with Crippen LogP contribution in [0.1, 0.15) is 0 Å². The van der Waals surface area contributed by atoms with Gasteiger partial charge in [-0.3, -0.25) is 4.79 Å². The van der Waals surface area contributed by atoms with E-state index in [-0.39, 0.29) is 11.0 Å². The van der Waals surface area contributed by atoms with Gasteiger partial charge in [0.1, 0.15) is 12.0 Å². The molecule has 11 heteroatoms. The Kier molecular flexibility index (Phi) is 8.09. The number of amides is 1. The third-order valence-corrected chi connectivity index (χ3v) is 4.06. The summed E-state index contributed by atoms with van der Waals surface area (Å²) in [4.78, 5) is 11.3. The quantitative estimate of drug-likeness (QED) is 0.368. The van der Waals surface area contributed by atoms with E-state index in [4.69, 9.17) is 81.8 Å². The van der Waals surface area contributed by atoms with Gasteiger partial charge in [0.05, 0.1) is 10.0 Å². The highest BCUT2D eigenvalue weighted by molar-refractivity contribution is 7.80. The van der Waals surface area contributed by atoms with E-state index in [0.717, 1.165) is 0 Å². The lowest BCUT2D eigenvalue weighted by Crippen LogP contribution is -2.56. The smallest absolute Gasteiger partial charge is 0.236 e. The van der Waals surface area contributed by atoms with E-state index in [2.05, 4.69) is 16.0 Å². The molecule has 0 saturated carbocycles. The average molecular weight is 444 g/mol. The van der Waals surface area contributed by atoms with E-state index in [1.165, 1.54) is 0 Å². The van der Waals surface area contributed by atoms with Crippen LogP contribution in [0.4, 0.5) is 5.69 Å². The predicted octanol–water partition coefficient (Wildman–Crippen LogP) is 4.33. The van der Waals surface area contributed by atoms with Crippen molar-refractivity contribution in [1.29, 1.82) is 0 Å². The van der Waals surface area contributed by atoms with Gasteiger partial charge in [0, 0.05) is 5.69 Å². The van der Waals surface area contributed by atoms with Crippen LogP contribution in [-0.4, -0.2) is 26.9 Å². The molecule has 0 fully saturated rings. The third-order valence-electron chi connectivity index (χ3n) is 2.21. The summed E-state index contributed by atoms with van der Waals surface area (Å²) in [5.74, 6) is -0.811. The van der Waals surface area contributed by atoms with Crippen LogP contribution in [0, 0.1) is 0 Å². The van der Waals surface area contributed by atoms with E-state index in [1.807, 2.05) is 0 Å². The first-order valence-corrected chi connectivity index (χ1v) is 8.41. The van der Waals surface area contributed by atoms with Crippen LogP contribution in [0.25, 0.3) is 0 Å². The van der Waals surface area contributed by atoms with Crippen molar-refractivity contribution in [2.45, 2.75) is 9.96 Å². The van der Waals surface area contributed by atoms with Gasteiger partial charge < -0.3 is 16.0 Å². The number of nitrogens with one attached hydrogen (secondary N) is 3. The number of anilines is 1. The number of rotatable bonds is 4. The number of carbonyl (C=O) groups excluding carboxylic acids is 1. The minimum Gasteiger partial charge on any atom is -0.339 e. The fourth-order valence-electron chi connectivity index (χ4n) is 1.27. The van der Waals surface area contributed by atoms with Gasteiger partial charge in [-0.2, -0.15) is 0 Å². The molecule has 0 aromatic heterocycles. The van der Waals surface area contributed by atoms with Gasteiger partial charge in [-0.1, -0.05) is 58.0 Å². The molecule has 0 heterocycles. The van der Waals surface area contributed by atoms with E-state index in [9.17, 15) is 4.79 Å². The minimum atomic E-state index is -1.84. The Morgan fingerprint density at radius 3 is 2.32 bits per heavy atom. The van der Waals surface area contributed by atoms with Crippen molar-refractivity contribution >= 4 is 98.5 Å². The number of carbonyl (C=O) groups is 1. The maximum Gasteiger partial charge on any atom is 0.236 e. The molecule has 0 saturated heterocycles. The molecule has 0 spiro atoms. The first-order valence-electron chi connectivity index (χ1n) is 5.58. The molecule has 4 nitrogen and oxygen atoms in total. The largest absolute Gasteiger partial charge is 0.339 e. The molecule has 0 aliphatic rings. The number of benzene rings is 1. The standard InChI is InChI=1S/C11H9Cl6N3OS/c12-4-8(21)19-9(11(15,16)17)20-10(22)18-5-1-2-6(13)7(14)3-5/h1-3,9H,4H2,(H,19,21)(H2,18,20,22)/t9-/m1/s1. The second kappa shape index (κ2) is 8.83. The number of thiocarbonyl (C=S) groups is 1. The van der Waals surface area contributed by atoms with E-state index < -0.39 is 15.9 Å². The second-order valence-electron chi connectivity index (χ2n) is 3.90. The van der Waals surface area contributed by atoms with Crippen molar-refractivity contribution in [2.24, 2.45) is 0 Å². The Balaban J connectivity index is 2.74. The summed E-state index contributed by atoms with van der Waals surface area (Å²) in [6, 6.07) is 4.82. The van der Waals surface area contributed by atoms with Crippen LogP contribution in [0.3, 0.4) is 0 Å². The van der Waals surface area contributed by atoms with Crippen molar-refractivity contribution in [3.05, 3.63) is 28.2 Å². The van der Waals surface area contributed by atoms with Crippen molar-refractivity contribution in [2.75, 3.05) is 11.2 Å². The molecule has 0 bridgehead atoms. The zero-order valence-corrected chi connectivity index (χ0v) is 16.0. The van der Waals surface area contributed by atoms with Crippen molar-refractivity contribution < 1.29 is 4.79 Å². The molecule has 0 aliphatic carbocycles. The highest BCUT2D eigenvalue weighted by atomic mass is 35.6. The number of hydrogen-bond acceptors (Lipinski definition) is 2. The molecular formula is C11H9Cl6N3OS. The van der Waals surface area contributed by atoms with Crippen molar-refractivity contribution in [1.82, 2.24) is 10.6 Å². The van der Waals surface area contributed by atoms with Crippen LogP contribution in [0.15, 0.2) is 18.2 Å². The zero-order chi connectivity index (χ0) is 16.9. The summed E-state index contributed by atoms with van der Waals surface area (Å²) in [6.07, 6.45) is -1.08. The van der Waals surface area contributed by atoms with Gasteiger partial charge in [-0.05, 0) is 30.4 Å². The Morgan fingerprint density at radius 1 is 1.18 bits per heavy atom. The lowest BCUT2D eigenvalue weighted by atomic mass is 10.3. The van der Waals surface area contributed by atoms with Crippen LogP contribution < -0.4 is 16.0 Å². The minimum absolute atomic E-state index is 0.101. The molecular weight excluding hydrogens is 435 g/mol. The fourth-order valence-corrected chi connectivity index (χ4v) is 2.21. The number of halogens is 6.